The molecule has 0 saturated heterocycles. The molecule has 1 amide bonds. The Bertz CT molecular complexity index is 656. The van der Waals surface area contributed by atoms with E-state index in [-0.39, 0.29) is 11.8 Å². The first-order chi connectivity index (χ1) is 9.90. The summed E-state index contributed by atoms with van der Waals surface area (Å²) in [4.78, 5) is 14.7. The number of nitrogens with two attached hydrogens (primary N) is 1. The molecule has 1 aromatic carbocycles. The topological polar surface area (TPSA) is 72.1 Å². The lowest BCUT2D eigenvalue weighted by atomic mass is 10.1. The molecule has 5 nitrogen and oxygen atoms in total. The Morgan fingerprint density at radius 1 is 1.48 bits per heavy atom. The fourth-order valence-corrected chi connectivity index (χ4v) is 2.93. The summed E-state index contributed by atoms with van der Waals surface area (Å²) in [5.41, 5.74) is 7.93. The normalized spacial score (nSPS) is 10.9. The van der Waals surface area contributed by atoms with Crippen LogP contribution in [0.15, 0.2) is 18.2 Å². The molecule has 0 saturated carbocycles. The first-order valence-electron chi connectivity index (χ1n) is 6.51. The van der Waals surface area contributed by atoms with Gasteiger partial charge in [0.1, 0.15) is 4.88 Å². The molecule has 0 aliphatic carbocycles. The molecule has 0 atom stereocenters. The minimum absolute atomic E-state index is 0.104. The molecule has 2 N–H and O–H groups in total. The van der Waals surface area contributed by atoms with Crippen molar-refractivity contribution in [3.8, 4) is 0 Å². The summed E-state index contributed by atoms with van der Waals surface area (Å²) >= 11 is 7.26. The van der Waals surface area contributed by atoms with Crippen LogP contribution < -0.4 is 5.73 Å². The average molecular weight is 325 g/mol. The third-order valence-electron chi connectivity index (χ3n) is 3.08. The SMILES string of the molecule is CC(C)c1nnsc1C(=O)N(C)Cc1cc(N)ccc1Cl. The lowest BCUT2D eigenvalue weighted by molar-refractivity contribution is 0.0788. The van der Waals surface area contributed by atoms with Crippen molar-refractivity contribution in [2.75, 3.05) is 12.8 Å². The second-order valence-electron chi connectivity index (χ2n) is 5.15. The third-order valence-corrected chi connectivity index (χ3v) is 4.18. The Balaban J connectivity index is 2.20. The zero-order valence-electron chi connectivity index (χ0n) is 12.1. The fraction of sp³-hybridized carbons (Fsp3) is 0.357. The van der Waals surface area contributed by atoms with Gasteiger partial charge in [-0.3, -0.25) is 4.79 Å². The van der Waals surface area contributed by atoms with Gasteiger partial charge in [-0.1, -0.05) is 29.9 Å². The summed E-state index contributed by atoms with van der Waals surface area (Å²) in [6.07, 6.45) is 0. The van der Waals surface area contributed by atoms with Gasteiger partial charge in [-0.05, 0) is 41.2 Å². The molecule has 1 heterocycles. The van der Waals surface area contributed by atoms with Crippen LogP contribution in [-0.2, 0) is 6.54 Å². The number of rotatable bonds is 4. The van der Waals surface area contributed by atoms with E-state index in [1.54, 1.807) is 30.1 Å². The monoisotopic (exact) mass is 324 g/mol. The van der Waals surface area contributed by atoms with Crippen LogP contribution in [0.4, 0.5) is 5.69 Å². The lowest BCUT2D eigenvalue weighted by Gasteiger charge is -2.18. The second-order valence-corrected chi connectivity index (χ2v) is 6.32. The number of nitrogens with zero attached hydrogens (tertiary/aromatic N) is 3. The van der Waals surface area contributed by atoms with Crippen molar-refractivity contribution in [1.29, 1.82) is 0 Å². The predicted octanol–water partition coefficient (Wildman–Crippen LogP) is 3.17. The molecule has 21 heavy (non-hydrogen) atoms. The number of hydrogen-bond donors (Lipinski definition) is 1. The Morgan fingerprint density at radius 3 is 2.86 bits per heavy atom. The van der Waals surface area contributed by atoms with Gasteiger partial charge in [0, 0.05) is 24.3 Å². The van der Waals surface area contributed by atoms with Gasteiger partial charge in [0.05, 0.1) is 5.69 Å². The van der Waals surface area contributed by atoms with Gasteiger partial charge >= 0.3 is 0 Å². The number of benzene rings is 1. The van der Waals surface area contributed by atoms with Gasteiger partial charge in [-0.25, -0.2) is 0 Å². The molecule has 2 aromatic rings. The molecule has 0 unspecified atom stereocenters. The van der Waals surface area contributed by atoms with Crippen LogP contribution >= 0.6 is 23.1 Å². The van der Waals surface area contributed by atoms with Crippen molar-refractivity contribution in [1.82, 2.24) is 14.5 Å². The molecule has 2 rings (SSSR count). The number of nitrogen functional groups attached to an aromatic ring is 1. The number of amides is 1. The van der Waals surface area contributed by atoms with Gasteiger partial charge < -0.3 is 10.6 Å². The van der Waals surface area contributed by atoms with Gasteiger partial charge in [-0.2, -0.15) is 0 Å². The highest BCUT2D eigenvalue weighted by molar-refractivity contribution is 7.08. The molecule has 112 valence electrons. The van der Waals surface area contributed by atoms with Crippen LogP contribution in [0, 0.1) is 0 Å². The van der Waals surface area contributed by atoms with E-state index in [0.717, 1.165) is 22.8 Å². The van der Waals surface area contributed by atoms with E-state index in [0.29, 0.717) is 22.1 Å². The number of aromatic nitrogens is 2. The number of hydrogen-bond acceptors (Lipinski definition) is 5. The predicted molar refractivity (Wildman–Crippen MR) is 85.7 cm³/mol. The quantitative estimate of drug-likeness (QED) is 0.877. The number of carbonyl (C=O) groups is 1. The minimum Gasteiger partial charge on any atom is -0.399 e. The summed E-state index contributed by atoms with van der Waals surface area (Å²) in [5.74, 6) is 0.0549. The molecule has 1 aromatic heterocycles. The average Bonchev–Trinajstić information content (AvgIpc) is 2.91. The highest BCUT2D eigenvalue weighted by Crippen LogP contribution is 2.24. The standard InChI is InChI=1S/C14H17ClN4OS/c1-8(2)12-13(21-18-17-12)14(20)19(3)7-9-6-10(16)4-5-11(9)15/h4-6,8H,7,16H2,1-3H3. The maximum atomic E-state index is 12.5. The number of halogens is 1. The maximum Gasteiger partial charge on any atom is 0.267 e. The smallest absolute Gasteiger partial charge is 0.267 e. The highest BCUT2D eigenvalue weighted by Gasteiger charge is 2.22. The summed E-state index contributed by atoms with van der Waals surface area (Å²) < 4.78 is 3.88. The molecule has 0 aliphatic rings. The summed E-state index contributed by atoms with van der Waals surface area (Å²) in [7, 11) is 1.73. The zero-order chi connectivity index (χ0) is 15.6. The van der Waals surface area contributed by atoms with E-state index < -0.39 is 0 Å². The summed E-state index contributed by atoms with van der Waals surface area (Å²) in [5, 5.41) is 4.63. The van der Waals surface area contributed by atoms with E-state index in [4.69, 9.17) is 17.3 Å². The van der Waals surface area contributed by atoms with Crippen LogP contribution in [0.2, 0.25) is 5.02 Å². The Labute approximate surface area is 132 Å². The molecule has 0 radical (unpaired) electrons. The molecule has 7 heteroatoms. The lowest BCUT2D eigenvalue weighted by Crippen LogP contribution is -2.26. The van der Waals surface area contributed by atoms with Crippen molar-refractivity contribution < 1.29 is 4.79 Å². The Hall–Kier alpha value is -1.66. The third kappa shape index (κ3) is 3.51. The maximum absolute atomic E-state index is 12.5. The summed E-state index contributed by atoms with van der Waals surface area (Å²) in [6.45, 7) is 4.36. The Kier molecular flexibility index (Phi) is 4.80. The molecule has 0 fully saturated rings. The van der Waals surface area contributed by atoms with E-state index in [1.165, 1.54) is 0 Å². The van der Waals surface area contributed by atoms with E-state index >= 15 is 0 Å². The molecule has 0 bridgehead atoms. The van der Waals surface area contributed by atoms with Crippen molar-refractivity contribution in [3.63, 3.8) is 0 Å². The van der Waals surface area contributed by atoms with Crippen molar-refractivity contribution >= 4 is 34.7 Å². The highest BCUT2D eigenvalue weighted by atomic mass is 35.5. The molecular weight excluding hydrogens is 308 g/mol. The van der Waals surface area contributed by atoms with Crippen LogP contribution in [0.3, 0.4) is 0 Å². The first-order valence-corrected chi connectivity index (χ1v) is 7.67. The molecular formula is C14H17ClN4OS. The largest absolute Gasteiger partial charge is 0.399 e. The Morgan fingerprint density at radius 2 is 2.19 bits per heavy atom. The van der Waals surface area contributed by atoms with Crippen LogP contribution in [-0.4, -0.2) is 27.4 Å². The minimum atomic E-state index is -0.104. The van der Waals surface area contributed by atoms with Gasteiger partial charge in [0.15, 0.2) is 0 Å². The van der Waals surface area contributed by atoms with E-state index in [9.17, 15) is 4.79 Å². The number of carbonyl (C=O) groups excluding carboxylic acids is 1. The second kappa shape index (κ2) is 6.41. The van der Waals surface area contributed by atoms with Crippen molar-refractivity contribution in [2.45, 2.75) is 26.3 Å². The van der Waals surface area contributed by atoms with Gasteiger partial charge in [0.2, 0.25) is 0 Å². The van der Waals surface area contributed by atoms with Gasteiger partial charge in [0.25, 0.3) is 5.91 Å². The van der Waals surface area contributed by atoms with Crippen LogP contribution in [0.5, 0.6) is 0 Å². The van der Waals surface area contributed by atoms with Crippen molar-refractivity contribution in [3.05, 3.63) is 39.4 Å². The van der Waals surface area contributed by atoms with Crippen LogP contribution in [0.25, 0.3) is 0 Å². The van der Waals surface area contributed by atoms with Crippen molar-refractivity contribution in [2.24, 2.45) is 0 Å². The molecule has 0 spiro atoms. The van der Waals surface area contributed by atoms with E-state index in [1.807, 2.05) is 13.8 Å². The summed E-state index contributed by atoms with van der Waals surface area (Å²) in [6, 6.07) is 5.25. The van der Waals surface area contributed by atoms with Gasteiger partial charge in [-0.15, -0.1) is 5.10 Å². The fourth-order valence-electron chi connectivity index (χ4n) is 1.94. The van der Waals surface area contributed by atoms with E-state index in [2.05, 4.69) is 9.59 Å². The van der Waals surface area contributed by atoms with Crippen LogP contribution in [0.1, 0.15) is 40.7 Å². The zero-order valence-corrected chi connectivity index (χ0v) is 13.7. The molecule has 0 aliphatic heterocycles. The number of anilines is 1. The first kappa shape index (κ1) is 15.7.